The van der Waals surface area contributed by atoms with Crippen LogP contribution in [0, 0.1) is 0 Å². The van der Waals surface area contributed by atoms with Crippen molar-refractivity contribution in [3.05, 3.63) is 106 Å². The van der Waals surface area contributed by atoms with Crippen LogP contribution in [0.3, 0.4) is 0 Å². The Labute approximate surface area is 209 Å². The molecule has 3 aromatic carbocycles. The molecule has 0 saturated carbocycles. The van der Waals surface area contributed by atoms with E-state index < -0.39 is 6.04 Å². The molecule has 0 saturated heterocycles. The number of benzene rings is 3. The lowest BCUT2D eigenvalue weighted by Crippen LogP contribution is -2.39. The zero-order valence-corrected chi connectivity index (χ0v) is 20.5. The third-order valence-corrected chi connectivity index (χ3v) is 6.26. The molecule has 4 rings (SSSR count). The van der Waals surface area contributed by atoms with E-state index in [-0.39, 0.29) is 18.2 Å². The fourth-order valence-electron chi connectivity index (χ4n) is 4.20. The van der Waals surface area contributed by atoms with Crippen LogP contribution < -0.4 is 5.32 Å². The number of likely N-dealkylation sites (N-methyl/N-ethyl adjacent to an activating group) is 1. The van der Waals surface area contributed by atoms with E-state index in [0.717, 1.165) is 16.5 Å². The van der Waals surface area contributed by atoms with Crippen molar-refractivity contribution in [1.82, 2.24) is 9.88 Å². The van der Waals surface area contributed by atoms with Crippen molar-refractivity contribution in [2.24, 2.45) is 5.11 Å². The second-order valence-corrected chi connectivity index (χ2v) is 8.99. The molecular weight excluding hydrogens is 452 g/mol. The summed E-state index contributed by atoms with van der Waals surface area (Å²) in [5.74, 6) is -0.154. The van der Waals surface area contributed by atoms with Crippen molar-refractivity contribution in [2.75, 3.05) is 12.4 Å². The van der Waals surface area contributed by atoms with Crippen LogP contribution in [-0.4, -0.2) is 28.7 Å². The fraction of sp³-hybridized carbons (Fsp3) is 0.214. The van der Waals surface area contributed by atoms with Gasteiger partial charge in [0, 0.05) is 40.4 Å². The van der Waals surface area contributed by atoms with E-state index in [2.05, 4.69) is 34.2 Å². The second-order valence-electron chi connectivity index (χ2n) is 8.99. The molecule has 0 radical (unpaired) electrons. The van der Waals surface area contributed by atoms with Gasteiger partial charge in [0.05, 0.1) is 6.42 Å². The first kappa shape index (κ1) is 24.6. The maximum atomic E-state index is 13.5. The van der Waals surface area contributed by atoms with Crippen LogP contribution in [-0.2, 0) is 16.0 Å². The summed E-state index contributed by atoms with van der Waals surface area (Å²) >= 11 is 0. The van der Waals surface area contributed by atoms with Gasteiger partial charge < -0.3 is 15.2 Å². The maximum Gasteiger partial charge on any atom is 0.251 e. The third-order valence-electron chi connectivity index (χ3n) is 6.26. The number of fused-ring (bicyclic) bond motifs is 1. The lowest BCUT2D eigenvalue weighted by molar-refractivity contribution is -0.136. The Morgan fingerprint density at radius 1 is 1.00 bits per heavy atom. The molecule has 0 fully saturated rings. The lowest BCUT2D eigenvalue weighted by atomic mass is 10.0. The number of hydrogen-bond acceptors (Lipinski definition) is 3. The van der Waals surface area contributed by atoms with E-state index in [0.29, 0.717) is 22.9 Å². The Morgan fingerprint density at radius 3 is 2.33 bits per heavy atom. The number of rotatable bonds is 8. The van der Waals surface area contributed by atoms with Crippen LogP contribution >= 0.6 is 0 Å². The summed E-state index contributed by atoms with van der Waals surface area (Å²) in [7, 11) is 1.63. The molecule has 2 amide bonds. The van der Waals surface area contributed by atoms with Gasteiger partial charge in [0.15, 0.2) is 0 Å². The molecular formula is C28H28N6O2. The van der Waals surface area contributed by atoms with Gasteiger partial charge in [-0.05, 0) is 46.3 Å². The van der Waals surface area contributed by atoms with Gasteiger partial charge in [-0.3, -0.25) is 9.59 Å². The molecule has 8 nitrogen and oxygen atoms in total. The average Bonchev–Trinajstić information content (AvgIpc) is 3.28. The van der Waals surface area contributed by atoms with Gasteiger partial charge in [0.2, 0.25) is 5.91 Å². The summed E-state index contributed by atoms with van der Waals surface area (Å²) < 4.78 is 0. The van der Waals surface area contributed by atoms with E-state index in [9.17, 15) is 9.59 Å². The number of azide groups is 1. The summed E-state index contributed by atoms with van der Waals surface area (Å²) in [6.45, 7) is 4.22. The minimum atomic E-state index is -0.882. The number of amides is 2. The number of carbonyl (C=O) groups is 2. The highest BCUT2D eigenvalue weighted by molar-refractivity contribution is 5.98. The van der Waals surface area contributed by atoms with Gasteiger partial charge in [-0.25, -0.2) is 0 Å². The number of aromatic nitrogens is 1. The predicted octanol–water partition coefficient (Wildman–Crippen LogP) is 6.61. The molecule has 0 spiro atoms. The Kier molecular flexibility index (Phi) is 7.37. The minimum Gasteiger partial charge on any atom is -0.361 e. The first-order valence-electron chi connectivity index (χ1n) is 11.7. The number of nitrogens with one attached hydrogen (secondary N) is 2. The van der Waals surface area contributed by atoms with E-state index in [1.165, 1.54) is 10.5 Å². The summed E-state index contributed by atoms with van der Waals surface area (Å²) in [5.41, 5.74) is 13.4. The topological polar surface area (TPSA) is 114 Å². The van der Waals surface area contributed by atoms with Crippen molar-refractivity contribution >= 4 is 34.1 Å². The molecule has 8 heteroatoms. The largest absolute Gasteiger partial charge is 0.361 e. The average molecular weight is 481 g/mol. The molecule has 0 unspecified atom stereocenters. The molecule has 1 atom stereocenters. The number of para-hydroxylation sites is 1. The van der Waals surface area contributed by atoms with Crippen LogP contribution in [0.1, 0.15) is 42.5 Å². The van der Waals surface area contributed by atoms with E-state index >= 15 is 0 Å². The molecule has 182 valence electrons. The summed E-state index contributed by atoms with van der Waals surface area (Å²) in [5, 5.41) is 7.52. The normalized spacial score (nSPS) is 11.7. The van der Waals surface area contributed by atoms with Crippen molar-refractivity contribution in [2.45, 2.75) is 32.2 Å². The fourth-order valence-corrected chi connectivity index (χ4v) is 4.20. The second kappa shape index (κ2) is 10.8. The number of nitrogens with zero attached hydrogens (tertiary/aromatic N) is 4. The highest BCUT2D eigenvalue weighted by Gasteiger charge is 2.29. The highest BCUT2D eigenvalue weighted by atomic mass is 16.2. The molecule has 0 aliphatic carbocycles. The number of carbonyl (C=O) groups excluding carboxylic acids is 2. The van der Waals surface area contributed by atoms with Crippen LogP contribution in [0.5, 0.6) is 0 Å². The van der Waals surface area contributed by atoms with Crippen LogP contribution in [0.2, 0.25) is 0 Å². The van der Waals surface area contributed by atoms with Gasteiger partial charge in [0.25, 0.3) is 5.91 Å². The van der Waals surface area contributed by atoms with Crippen molar-refractivity contribution in [3.63, 3.8) is 0 Å². The van der Waals surface area contributed by atoms with Gasteiger partial charge in [-0.15, -0.1) is 0 Å². The van der Waals surface area contributed by atoms with Crippen LogP contribution in [0.25, 0.3) is 21.3 Å². The van der Waals surface area contributed by atoms with Crippen molar-refractivity contribution in [1.29, 1.82) is 0 Å². The Morgan fingerprint density at radius 2 is 1.67 bits per heavy atom. The minimum absolute atomic E-state index is 0.143. The molecule has 0 aliphatic heterocycles. The standard InChI is InChI=1S/C28H28N6O2/c1-18(2)19-8-12-22(13-9-19)31-28(36)27(20-10-14-23(15-11-20)32-33-29)34(3)26(35)16-21-17-30-25-7-5-4-6-24(21)25/h4-15,17-18,27,30H,16H2,1-3H3,(H,31,36)/t27-/m0/s1. The zero-order chi connectivity index (χ0) is 25.7. The van der Waals surface area contributed by atoms with E-state index in [4.69, 9.17) is 5.53 Å². The summed E-state index contributed by atoms with van der Waals surface area (Å²) in [6.07, 6.45) is 1.97. The number of anilines is 1. The monoisotopic (exact) mass is 480 g/mol. The third kappa shape index (κ3) is 5.40. The maximum absolute atomic E-state index is 13.5. The smallest absolute Gasteiger partial charge is 0.251 e. The molecule has 0 bridgehead atoms. The first-order chi connectivity index (χ1) is 17.4. The first-order valence-corrected chi connectivity index (χ1v) is 11.7. The van der Waals surface area contributed by atoms with Crippen LogP contribution in [0.4, 0.5) is 11.4 Å². The number of aromatic amines is 1. The Balaban J connectivity index is 1.61. The van der Waals surface area contributed by atoms with Crippen molar-refractivity contribution in [3.8, 4) is 0 Å². The zero-order valence-electron chi connectivity index (χ0n) is 20.5. The molecule has 0 aliphatic rings. The summed E-state index contributed by atoms with van der Waals surface area (Å²) in [4.78, 5) is 34.3. The molecule has 2 N–H and O–H groups in total. The number of H-pyrrole nitrogens is 1. The van der Waals surface area contributed by atoms with Gasteiger partial charge in [0.1, 0.15) is 6.04 Å². The highest BCUT2D eigenvalue weighted by Crippen LogP contribution is 2.27. The van der Waals surface area contributed by atoms with E-state index in [1.54, 1.807) is 31.3 Å². The molecule has 1 heterocycles. The van der Waals surface area contributed by atoms with Crippen LogP contribution in [0.15, 0.2) is 84.1 Å². The lowest BCUT2D eigenvalue weighted by Gasteiger charge is -2.28. The SMILES string of the molecule is CC(C)c1ccc(NC(=O)[C@H](c2ccc(N=[N+]=[N-])cc2)N(C)C(=O)Cc2c[nH]c3ccccc23)cc1. The molecule has 36 heavy (non-hydrogen) atoms. The van der Waals surface area contributed by atoms with Gasteiger partial charge >= 0.3 is 0 Å². The van der Waals surface area contributed by atoms with Gasteiger partial charge in [-0.1, -0.05) is 73.6 Å². The molecule has 1 aromatic heterocycles. The summed E-state index contributed by atoms with van der Waals surface area (Å²) in [6, 6.07) is 21.3. The quantitative estimate of drug-likeness (QED) is 0.168. The molecule has 4 aromatic rings. The van der Waals surface area contributed by atoms with Crippen molar-refractivity contribution < 1.29 is 9.59 Å². The van der Waals surface area contributed by atoms with E-state index in [1.807, 2.05) is 54.7 Å². The Bertz CT molecular complexity index is 1420. The van der Waals surface area contributed by atoms with Gasteiger partial charge in [-0.2, -0.15) is 0 Å². The number of hydrogen-bond donors (Lipinski definition) is 2. The predicted molar refractivity (Wildman–Crippen MR) is 142 cm³/mol. The Hall–Kier alpha value is -4.55.